The van der Waals surface area contributed by atoms with Crippen LogP contribution in [0.1, 0.15) is 15.9 Å². The highest BCUT2D eigenvalue weighted by Crippen LogP contribution is 2.29. The molecule has 0 spiro atoms. The molecular weight excluding hydrogens is 366 g/mol. The number of aryl methyl sites for hydroxylation is 1. The predicted octanol–water partition coefficient (Wildman–Crippen LogP) is 5.37. The maximum Gasteiger partial charge on any atom is 0.292 e. The summed E-state index contributed by atoms with van der Waals surface area (Å²) >= 11 is 0. The fourth-order valence-electron chi connectivity index (χ4n) is 3.29. The number of hydrogen-bond acceptors (Lipinski definition) is 4. The Morgan fingerprint density at radius 1 is 0.966 bits per heavy atom. The number of anilines is 1. The number of rotatable bonds is 4. The fourth-order valence-corrected chi connectivity index (χ4v) is 3.29. The van der Waals surface area contributed by atoms with Crippen LogP contribution in [0.3, 0.4) is 0 Å². The van der Waals surface area contributed by atoms with E-state index in [1.807, 2.05) is 55.5 Å². The van der Waals surface area contributed by atoms with Crippen molar-refractivity contribution in [3.8, 4) is 11.3 Å². The third-order valence-corrected chi connectivity index (χ3v) is 4.73. The Kier molecular flexibility index (Phi) is 4.75. The standard InChI is InChI=1S/C23H17N3O3/c1-15-8-2-3-9-16(15)21-14-18(17-10-4-5-11-19(17)24-21)23(27)25-20-12-6-7-13-22(20)26(28)29/h2-14H,1H3,(H,25,27). The molecular formula is C23H17N3O3. The number of para-hydroxylation sites is 3. The number of amides is 1. The van der Waals surface area contributed by atoms with E-state index in [0.717, 1.165) is 11.1 Å². The number of carbonyl (C=O) groups is 1. The number of pyridine rings is 1. The van der Waals surface area contributed by atoms with Gasteiger partial charge in [-0.1, -0.05) is 54.6 Å². The van der Waals surface area contributed by atoms with Crippen LogP contribution < -0.4 is 5.32 Å². The Balaban J connectivity index is 1.84. The summed E-state index contributed by atoms with van der Waals surface area (Å²) in [6, 6.07) is 23.0. The topological polar surface area (TPSA) is 85.1 Å². The van der Waals surface area contributed by atoms with Gasteiger partial charge in [0.1, 0.15) is 5.69 Å². The highest BCUT2D eigenvalue weighted by molar-refractivity contribution is 6.13. The summed E-state index contributed by atoms with van der Waals surface area (Å²) < 4.78 is 0. The van der Waals surface area contributed by atoms with E-state index < -0.39 is 10.8 Å². The zero-order chi connectivity index (χ0) is 20.4. The van der Waals surface area contributed by atoms with Gasteiger partial charge >= 0.3 is 0 Å². The number of benzene rings is 3. The lowest BCUT2D eigenvalue weighted by molar-refractivity contribution is -0.383. The lowest BCUT2D eigenvalue weighted by atomic mass is 10.0. The van der Waals surface area contributed by atoms with Crippen LogP contribution >= 0.6 is 0 Å². The van der Waals surface area contributed by atoms with E-state index >= 15 is 0 Å². The molecule has 1 amide bonds. The summed E-state index contributed by atoms with van der Waals surface area (Å²) in [6.07, 6.45) is 0. The van der Waals surface area contributed by atoms with Gasteiger partial charge < -0.3 is 5.32 Å². The summed E-state index contributed by atoms with van der Waals surface area (Å²) in [5.74, 6) is -0.423. The maximum atomic E-state index is 13.1. The van der Waals surface area contributed by atoms with Crippen molar-refractivity contribution in [2.45, 2.75) is 6.92 Å². The average molecular weight is 383 g/mol. The van der Waals surface area contributed by atoms with Gasteiger partial charge in [0.05, 0.1) is 21.7 Å². The second kappa shape index (κ2) is 7.52. The molecule has 4 aromatic rings. The smallest absolute Gasteiger partial charge is 0.292 e. The minimum atomic E-state index is -0.515. The van der Waals surface area contributed by atoms with Gasteiger partial charge in [0.15, 0.2) is 0 Å². The van der Waals surface area contributed by atoms with Gasteiger partial charge in [-0.3, -0.25) is 14.9 Å². The van der Waals surface area contributed by atoms with Gasteiger partial charge in [0.2, 0.25) is 0 Å². The Bertz CT molecular complexity index is 1250. The first kappa shape index (κ1) is 18.3. The molecule has 142 valence electrons. The molecule has 0 atom stereocenters. The molecule has 1 heterocycles. The van der Waals surface area contributed by atoms with Crippen LogP contribution in [0, 0.1) is 17.0 Å². The van der Waals surface area contributed by atoms with Crippen LogP contribution in [0.5, 0.6) is 0 Å². The molecule has 3 aromatic carbocycles. The average Bonchev–Trinajstić information content (AvgIpc) is 2.73. The van der Waals surface area contributed by atoms with Gasteiger partial charge in [-0.2, -0.15) is 0 Å². The Labute approximate surface area is 167 Å². The number of fused-ring (bicyclic) bond motifs is 1. The molecule has 0 radical (unpaired) electrons. The number of nitrogens with zero attached hydrogens (tertiary/aromatic N) is 2. The maximum absolute atomic E-state index is 13.1. The number of hydrogen-bond donors (Lipinski definition) is 1. The molecule has 0 unspecified atom stereocenters. The minimum absolute atomic E-state index is 0.154. The number of carbonyl (C=O) groups excluding carboxylic acids is 1. The number of aromatic nitrogens is 1. The van der Waals surface area contributed by atoms with E-state index in [-0.39, 0.29) is 11.4 Å². The molecule has 0 fully saturated rings. The summed E-state index contributed by atoms with van der Waals surface area (Å²) in [5, 5.41) is 14.6. The zero-order valence-electron chi connectivity index (χ0n) is 15.6. The number of nitro groups is 1. The van der Waals surface area contributed by atoms with E-state index in [0.29, 0.717) is 22.2 Å². The predicted molar refractivity (Wildman–Crippen MR) is 113 cm³/mol. The van der Waals surface area contributed by atoms with E-state index in [4.69, 9.17) is 4.98 Å². The van der Waals surface area contributed by atoms with Crippen LogP contribution in [-0.2, 0) is 0 Å². The zero-order valence-corrected chi connectivity index (χ0v) is 15.6. The van der Waals surface area contributed by atoms with E-state index in [2.05, 4.69) is 5.32 Å². The van der Waals surface area contributed by atoms with E-state index in [1.165, 1.54) is 12.1 Å². The molecule has 0 saturated carbocycles. The summed E-state index contributed by atoms with van der Waals surface area (Å²) in [6.45, 7) is 1.99. The monoisotopic (exact) mass is 383 g/mol. The van der Waals surface area contributed by atoms with Crippen LogP contribution in [0.25, 0.3) is 22.2 Å². The van der Waals surface area contributed by atoms with Crippen molar-refractivity contribution in [3.63, 3.8) is 0 Å². The fraction of sp³-hybridized carbons (Fsp3) is 0.0435. The van der Waals surface area contributed by atoms with Gasteiger partial charge in [-0.25, -0.2) is 4.98 Å². The lowest BCUT2D eigenvalue weighted by Crippen LogP contribution is -2.14. The second-order valence-corrected chi connectivity index (χ2v) is 6.62. The largest absolute Gasteiger partial charge is 0.316 e. The van der Waals surface area contributed by atoms with Crippen LogP contribution in [0.2, 0.25) is 0 Å². The molecule has 0 aliphatic heterocycles. The molecule has 29 heavy (non-hydrogen) atoms. The van der Waals surface area contributed by atoms with Crippen LogP contribution in [0.4, 0.5) is 11.4 Å². The highest BCUT2D eigenvalue weighted by atomic mass is 16.6. The molecule has 0 aliphatic carbocycles. The third-order valence-electron chi connectivity index (χ3n) is 4.73. The molecule has 0 bridgehead atoms. The summed E-state index contributed by atoms with van der Waals surface area (Å²) in [5.41, 5.74) is 3.74. The SMILES string of the molecule is Cc1ccccc1-c1cc(C(=O)Nc2ccccc2[N+](=O)[O-])c2ccccc2n1. The normalized spacial score (nSPS) is 10.7. The summed E-state index contributed by atoms with van der Waals surface area (Å²) in [4.78, 5) is 28.6. The molecule has 6 heteroatoms. The molecule has 1 aromatic heterocycles. The Morgan fingerprint density at radius 2 is 1.66 bits per heavy atom. The quantitative estimate of drug-likeness (QED) is 0.379. The lowest BCUT2D eigenvalue weighted by Gasteiger charge is -2.12. The van der Waals surface area contributed by atoms with Crippen molar-refractivity contribution < 1.29 is 9.72 Å². The minimum Gasteiger partial charge on any atom is -0.316 e. The van der Waals surface area contributed by atoms with Gasteiger partial charge in [-0.05, 0) is 30.7 Å². The second-order valence-electron chi connectivity index (χ2n) is 6.62. The first-order valence-electron chi connectivity index (χ1n) is 9.05. The van der Waals surface area contributed by atoms with Crippen LogP contribution in [-0.4, -0.2) is 15.8 Å². The van der Waals surface area contributed by atoms with Crippen molar-refractivity contribution in [2.75, 3.05) is 5.32 Å². The number of nitro benzene ring substituents is 1. The van der Waals surface area contributed by atoms with Crippen molar-refractivity contribution in [1.82, 2.24) is 4.98 Å². The molecule has 6 nitrogen and oxygen atoms in total. The van der Waals surface area contributed by atoms with E-state index in [1.54, 1.807) is 18.2 Å². The van der Waals surface area contributed by atoms with Gasteiger partial charge in [0, 0.05) is 17.0 Å². The van der Waals surface area contributed by atoms with Gasteiger partial charge in [0.25, 0.3) is 11.6 Å². The van der Waals surface area contributed by atoms with E-state index in [9.17, 15) is 14.9 Å². The first-order chi connectivity index (χ1) is 14.0. The Hall–Kier alpha value is -4.06. The first-order valence-corrected chi connectivity index (χ1v) is 9.05. The Morgan fingerprint density at radius 3 is 2.45 bits per heavy atom. The molecule has 1 N–H and O–H groups in total. The van der Waals surface area contributed by atoms with Crippen molar-refractivity contribution in [3.05, 3.63) is 100 Å². The summed E-state index contributed by atoms with van der Waals surface area (Å²) in [7, 11) is 0. The van der Waals surface area contributed by atoms with Gasteiger partial charge in [-0.15, -0.1) is 0 Å². The highest BCUT2D eigenvalue weighted by Gasteiger charge is 2.19. The third kappa shape index (κ3) is 3.55. The van der Waals surface area contributed by atoms with Crippen LogP contribution in [0.15, 0.2) is 78.9 Å². The van der Waals surface area contributed by atoms with Crippen molar-refractivity contribution >= 4 is 28.2 Å². The van der Waals surface area contributed by atoms with Crippen molar-refractivity contribution in [2.24, 2.45) is 0 Å². The number of nitrogens with one attached hydrogen (secondary N) is 1. The molecule has 0 saturated heterocycles. The molecule has 0 aliphatic rings. The van der Waals surface area contributed by atoms with Crippen molar-refractivity contribution in [1.29, 1.82) is 0 Å². The molecule has 4 rings (SSSR count).